The molecule has 0 bridgehead atoms. The molecule has 0 unspecified atom stereocenters. The second-order valence-electron chi connectivity index (χ2n) is 4.22. The predicted molar refractivity (Wildman–Crippen MR) is 78.5 cm³/mol. The van der Waals surface area contributed by atoms with Gasteiger partial charge in [0.15, 0.2) is 0 Å². The van der Waals surface area contributed by atoms with Crippen LogP contribution in [0.25, 0.3) is 10.2 Å². The summed E-state index contributed by atoms with van der Waals surface area (Å²) in [5.74, 6) is 0. The van der Waals surface area contributed by atoms with Crippen LogP contribution in [-0.2, 0) is 0 Å². The minimum atomic E-state index is 0.704. The van der Waals surface area contributed by atoms with Crippen molar-refractivity contribution in [3.05, 3.63) is 47.5 Å². The second kappa shape index (κ2) is 4.31. The molecule has 0 radical (unpaired) electrons. The minimum absolute atomic E-state index is 0.704. The number of rotatable bonds is 2. The predicted octanol–water partition coefficient (Wildman–Crippen LogP) is 3.93. The molecule has 0 amide bonds. The van der Waals surface area contributed by atoms with E-state index in [-0.39, 0.29) is 0 Å². The van der Waals surface area contributed by atoms with Gasteiger partial charge in [-0.2, -0.15) is 0 Å². The first-order valence-corrected chi connectivity index (χ1v) is 6.57. The van der Waals surface area contributed by atoms with E-state index < -0.39 is 0 Å². The zero-order chi connectivity index (χ0) is 12.5. The Morgan fingerprint density at radius 2 is 2.11 bits per heavy atom. The van der Waals surface area contributed by atoms with Crippen molar-refractivity contribution in [1.29, 1.82) is 0 Å². The van der Waals surface area contributed by atoms with E-state index in [4.69, 9.17) is 5.73 Å². The molecule has 2 aromatic carbocycles. The van der Waals surface area contributed by atoms with Crippen LogP contribution in [0.1, 0.15) is 5.56 Å². The zero-order valence-electron chi connectivity index (χ0n) is 9.97. The van der Waals surface area contributed by atoms with Crippen molar-refractivity contribution in [2.24, 2.45) is 0 Å². The summed E-state index contributed by atoms with van der Waals surface area (Å²) in [5, 5.41) is 3.33. The van der Waals surface area contributed by atoms with Crippen molar-refractivity contribution in [2.75, 3.05) is 11.1 Å². The van der Waals surface area contributed by atoms with Crippen molar-refractivity contribution in [3.8, 4) is 0 Å². The number of benzene rings is 2. The summed E-state index contributed by atoms with van der Waals surface area (Å²) in [6.07, 6.45) is 0. The van der Waals surface area contributed by atoms with Crippen LogP contribution in [-0.4, -0.2) is 4.98 Å². The first-order chi connectivity index (χ1) is 8.74. The fourth-order valence-electron chi connectivity index (χ4n) is 1.94. The van der Waals surface area contributed by atoms with Crippen LogP contribution in [0.3, 0.4) is 0 Å². The third kappa shape index (κ3) is 1.91. The lowest BCUT2D eigenvalue weighted by Gasteiger charge is -2.10. The molecule has 90 valence electrons. The normalized spacial score (nSPS) is 10.7. The summed E-state index contributed by atoms with van der Waals surface area (Å²) in [7, 11) is 0. The highest BCUT2D eigenvalue weighted by molar-refractivity contribution is 7.16. The van der Waals surface area contributed by atoms with E-state index in [9.17, 15) is 0 Å². The highest BCUT2D eigenvalue weighted by Crippen LogP contribution is 2.31. The first-order valence-electron chi connectivity index (χ1n) is 5.69. The summed E-state index contributed by atoms with van der Waals surface area (Å²) in [4.78, 5) is 4.29. The number of fused-ring (bicyclic) bond motifs is 1. The van der Waals surface area contributed by atoms with Gasteiger partial charge in [0.2, 0.25) is 0 Å². The molecular formula is C14H13N3S. The Hall–Kier alpha value is -2.07. The molecule has 0 aliphatic carbocycles. The molecule has 0 spiro atoms. The van der Waals surface area contributed by atoms with Gasteiger partial charge in [-0.1, -0.05) is 12.1 Å². The smallest absolute Gasteiger partial charge is 0.106 e. The number of nitrogens with one attached hydrogen (secondary N) is 1. The van der Waals surface area contributed by atoms with Crippen LogP contribution in [0.5, 0.6) is 0 Å². The molecule has 4 heteroatoms. The fourth-order valence-corrected chi connectivity index (χ4v) is 2.63. The number of hydrogen-bond donors (Lipinski definition) is 2. The van der Waals surface area contributed by atoms with E-state index in [0.717, 1.165) is 21.6 Å². The lowest BCUT2D eigenvalue weighted by atomic mass is 10.2. The third-order valence-electron chi connectivity index (χ3n) is 2.84. The van der Waals surface area contributed by atoms with E-state index in [1.165, 1.54) is 5.56 Å². The van der Waals surface area contributed by atoms with Gasteiger partial charge in [-0.3, -0.25) is 0 Å². The molecule has 0 saturated heterocycles. The number of hydrogen-bond acceptors (Lipinski definition) is 4. The van der Waals surface area contributed by atoms with Crippen molar-refractivity contribution in [1.82, 2.24) is 4.98 Å². The lowest BCUT2D eigenvalue weighted by Crippen LogP contribution is -1.97. The van der Waals surface area contributed by atoms with E-state index in [1.807, 2.05) is 29.8 Å². The molecule has 1 aromatic heterocycles. The molecule has 0 fully saturated rings. The number of nitrogen functional groups attached to an aromatic ring is 1. The molecule has 0 atom stereocenters. The number of aromatic nitrogens is 1. The molecule has 18 heavy (non-hydrogen) atoms. The molecule has 3 aromatic rings. The Morgan fingerprint density at radius 1 is 1.22 bits per heavy atom. The topological polar surface area (TPSA) is 50.9 Å². The third-order valence-corrected chi connectivity index (χ3v) is 3.63. The molecule has 3 rings (SSSR count). The molecule has 0 saturated carbocycles. The Morgan fingerprint density at radius 3 is 2.94 bits per heavy atom. The van der Waals surface area contributed by atoms with Crippen LogP contribution in [0.2, 0.25) is 0 Å². The van der Waals surface area contributed by atoms with Gasteiger partial charge in [0.1, 0.15) is 5.52 Å². The summed E-state index contributed by atoms with van der Waals surface area (Å²) in [5.41, 5.74) is 12.7. The number of aryl methyl sites for hydroxylation is 1. The summed E-state index contributed by atoms with van der Waals surface area (Å²) < 4.78 is 1.11. The van der Waals surface area contributed by atoms with E-state index in [0.29, 0.717) is 5.69 Å². The van der Waals surface area contributed by atoms with Crippen molar-refractivity contribution in [3.63, 3.8) is 0 Å². The first kappa shape index (κ1) is 11.0. The fraction of sp³-hybridized carbons (Fsp3) is 0.0714. The van der Waals surface area contributed by atoms with Gasteiger partial charge >= 0.3 is 0 Å². The van der Waals surface area contributed by atoms with Gasteiger partial charge in [-0.15, -0.1) is 11.3 Å². The molecule has 1 heterocycles. The van der Waals surface area contributed by atoms with Crippen LogP contribution in [0.15, 0.2) is 41.9 Å². The summed E-state index contributed by atoms with van der Waals surface area (Å²) in [6.45, 7) is 2.07. The van der Waals surface area contributed by atoms with Gasteiger partial charge in [0.25, 0.3) is 0 Å². The monoisotopic (exact) mass is 255 g/mol. The Bertz CT molecular complexity index is 703. The van der Waals surface area contributed by atoms with Crippen molar-refractivity contribution in [2.45, 2.75) is 6.92 Å². The maximum absolute atomic E-state index is 6.13. The average molecular weight is 255 g/mol. The maximum Gasteiger partial charge on any atom is 0.106 e. The number of nitrogens with two attached hydrogens (primary N) is 1. The Balaban J connectivity index is 2.02. The zero-order valence-corrected chi connectivity index (χ0v) is 10.8. The van der Waals surface area contributed by atoms with Crippen LogP contribution >= 0.6 is 11.3 Å². The molecular weight excluding hydrogens is 242 g/mol. The van der Waals surface area contributed by atoms with Gasteiger partial charge in [-0.05, 0) is 36.8 Å². The number of nitrogens with zero attached hydrogens (tertiary/aromatic N) is 1. The standard InChI is InChI=1S/C14H13N3S/c1-9-3-2-4-10(7-9)17-11-5-6-12-14(13(11)15)16-8-18-12/h2-8,17H,15H2,1H3. The largest absolute Gasteiger partial charge is 0.395 e. The number of thiazole rings is 1. The van der Waals surface area contributed by atoms with Crippen molar-refractivity contribution < 1.29 is 0 Å². The lowest BCUT2D eigenvalue weighted by molar-refractivity contribution is 1.45. The highest BCUT2D eigenvalue weighted by atomic mass is 32.1. The highest BCUT2D eigenvalue weighted by Gasteiger charge is 2.06. The molecule has 3 N–H and O–H groups in total. The van der Waals surface area contributed by atoms with Gasteiger partial charge in [-0.25, -0.2) is 4.98 Å². The van der Waals surface area contributed by atoms with E-state index in [2.05, 4.69) is 29.4 Å². The summed E-state index contributed by atoms with van der Waals surface area (Å²) in [6, 6.07) is 12.2. The minimum Gasteiger partial charge on any atom is -0.395 e. The molecule has 0 aliphatic heterocycles. The second-order valence-corrected chi connectivity index (χ2v) is 5.11. The van der Waals surface area contributed by atoms with Gasteiger partial charge in [0, 0.05) is 5.69 Å². The quantitative estimate of drug-likeness (QED) is 0.682. The van der Waals surface area contributed by atoms with E-state index >= 15 is 0 Å². The van der Waals surface area contributed by atoms with E-state index in [1.54, 1.807) is 11.3 Å². The van der Waals surface area contributed by atoms with Crippen LogP contribution in [0.4, 0.5) is 17.1 Å². The summed E-state index contributed by atoms with van der Waals surface area (Å²) >= 11 is 1.60. The Labute approximate surface area is 109 Å². The SMILES string of the molecule is Cc1cccc(Nc2ccc3scnc3c2N)c1. The van der Waals surface area contributed by atoms with Crippen LogP contribution in [0, 0.1) is 6.92 Å². The molecule has 3 nitrogen and oxygen atoms in total. The number of anilines is 3. The van der Waals surface area contributed by atoms with Gasteiger partial charge < -0.3 is 11.1 Å². The van der Waals surface area contributed by atoms with Gasteiger partial charge in [0.05, 0.1) is 21.6 Å². The van der Waals surface area contributed by atoms with Crippen molar-refractivity contribution >= 4 is 38.6 Å². The molecule has 0 aliphatic rings. The average Bonchev–Trinajstić information content (AvgIpc) is 2.82. The maximum atomic E-state index is 6.13. The van der Waals surface area contributed by atoms with Crippen LogP contribution < -0.4 is 11.1 Å². The Kier molecular flexibility index (Phi) is 2.64.